The number of hydrogen-bond acceptors (Lipinski definition) is 0. The Kier molecular flexibility index (Phi) is 8.98. The minimum atomic E-state index is 0.570. The molecule has 2 fully saturated rings. The van der Waals surface area contributed by atoms with Crippen LogP contribution in [-0.4, -0.2) is 0 Å². The first-order valence-electron chi connectivity index (χ1n) is 9.93. The van der Waals surface area contributed by atoms with E-state index in [1.54, 1.807) is 0 Å². The first-order chi connectivity index (χ1) is 9.93. The molecule has 2 rings (SSSR count). The molecule has 0 nitrogen and oxygen atoms in total. The Morgan fingerprint density at radius 2 is 1.38 bits per heavy atom. The Balaban J connectivity index is 0.000000211. The van der Waals surface area contributed by atoms with E-state index in [1.165, 1.54) is 77.0 Å². The molecule has 0 aromatic rings. The summed E-state index contributed by atoms with van der Waals surface area (Å²) in [5, 5.41) is 0. The molecule has 0 heterocycles. The van der Waals surface area contributed by atoms with Gasteiger partial charge in [-0.25, -0.2) is 0 Å². The third kappa shape index (κ3) is 8.27. The van der Waals surface area contributed by atoms with Gasteiger partial charge in [0.1, 0.15) is 0 Å². The largest absolute Gasteiger partial charge is 0.0654 e. The van der Waals surface area contributed by atoms with Crippen LogP contribution in [0.5, 0.6) is 0 Å². The molecule has 0 saturated heterocycles. The summed E-state index contributed by atoms with van der Waals surface area (Å²) in [6.07, 6.45) is 17.7. The summed E-state index contributed by atoms with van der Waals surface area (Å²) < 4.78 is 0. The zero-order chi connectivity index (χ0) is 15.7. The molecule has 0 radical (unpaired) electrons. The molecule has 21 heavy (non-hydrogen) atoms. The van der Waals surface area contributed by atoms with Gasteiger partial charge >= 0.3 is 0 Å². The lowest BCUT2D eigenvalue weighted by Crippen LogP contribution is -2.22. The van der Waals surface area contributed by atoms with Gasteiger partial charge in [-0.15, -0.1) is 0 Å². The summed E-state index contributed by atoms with van der Waals surface area (Å²) in [5.74, 6) is 3.11. The van der Waals surface area contributed by atoms with Gasteiger partial charge in [0.25, 0.3) is 0 Å². The van der Waals surface area contributed by atoms with Crippen LogP contribution in [0.4, 0.5) is 0 Å². The zero-order valence-electron chi connectivity index (χ0n) is 15.7. The van der Waals surface area contributed by atoms with Gasteiger partial charge in [-0.2, -0.15) is 0 Å². The highest BCUT2D eigenvalue weighted by molar-refractivity contribution is 4.76. The Labute approximate surface area is 135 Å². The van der Waals surface area contributed by atoms with Gasteiger partial charge in [0, 0.05) is 0 Å². The first kappa shape index (κ1) is 19.0. The summed E-state index contributed by atoms with van der Waals surface area (Å²) in [6.45, 7) is 11.8. The van der Waals surface area contributed by atoms with Crippen LogP contribution in [0.25, 0.3) is 0 Å². The highest BCUT2D eigenvalue weighted by Crippen LogP contribution is 2.37. The molecule has 0 aromatic carbocycles. The van der Waals surface area contributed by atoms with Crippen LogP contribution in [0.15, 0.2) is 0 Å². The first-order valence-corrected chi connectivity index (χ1v) is 9.93. The third-order valence-electron chi connectivity index (χ3n) is 5.93. The van der Waals surface area contributed by atoms with Crippen LogP contribution in [0.3, 0.4) is 0 Å². The molecular weight excluding hydrogens is 252 g/mol. The van der Waals surface area contributed by atoms with Crippen molar-refractivity contribution in [3.63, 3.8) is 0 Å². The highest BCUT2D eigenvalue weighted by Gasteiger charge is 2.25. The van der Waals surface area contributed by atoms with Crippen molar-refractivity contribution in [2.75, 3.05) is 0 Å². The molecular formula is C21H42. The summed E-state index contributed by atoms with van der Waals surface area (Å²) in [4.78, 5) is 0. The Bertz CT molecular complexity index is 230. The molecule has 0 spiro atoms. The molecule has 2 aliphatic carbocycles. The van der Waals surface area contributed by atoms with Crippen LogP contribution in [0.1, 0.15) is 112 Å². The molecule has 2 saturated carbocycles. The maximum atomic E-state index is 2.40. The fourth-order valence-corrected chi connectivity index (χ4v) is 4.08. The normalized spacial score (nSPS) is 27.9. The Hall–Kier alpha value is 0. The molecule has 0 aliphatic heterocycles. The van der Waals surface area contributed by atoms with E-state index in [4.69, 9.17) is 0 Å². The Morgan fingerprint density at radius 1 is 0.810 bits per heavy atom. The van der Waals surface area contributed by atoms with Crippen LogP contribution in [0.2, 0.25) is 0 Å². The fraction of sp³-hybridized carbons (Fsp3) is 1.00. The zero-order valence-corrected chi connectivity index (χ0v) is 15.7. The molecule has 0 atom stereocenters. The van der Waals surface area contributed by atoms with Crippen LogP contribution < -0.4 is 0 Å². The highest BCUT2D eigenvalue weighted by atomic mass is 14.3. The number of unbranched alkanes of at least 4 members (excludes halogenated alkanes) is 1. The molecule has 0 bridgehead atoms. The lowest BCUT2D eigenvalue weighted by molar-refractivity contribution is 0.180. The van der Waals surface area contributed by atoms with Crippen molar-refractivity contribution in [2.45, 2.75) is 112 Å². The average Bonchev–Trinajstić information content (AvgIpc) is 2.47. The lowest BCUT2D eigenvalue weighted by atomic mass is 9.72. The van der Waals surface area contributed by atoms with Gasteiger partial charge in [-0.05, 0) is 36.0 Å². The van der Waals surface area contributed by atoms with E-state index in [1.807, 2.05) is 0 Å². The Morgan fingerprint density at radius 3 is 1.81 bits per heavy atom. The van der Waals surface area contributed by atoms with E-state index < -0.39 is 0 Å². The SMILES string of the molecule is CC(C)(C)C1CCCCC1.CCCCC1CCC(C)CC1. The molecule has 126 valence electrons. The third-order valence-corrected chi connectivity index (χ3v) is 5.93. The predicted octanol–water partition coefficient (Wildman–Crippen LogP) is 7.62. The van der Waals surface area contributed by atoms with E-state index in [0.29, 0.717) is 5.41 Å². The average molecular weight is 295 g/mol. The van der Waals surface area contributed by atoms with Crippen molar-refractivity contribution in [1.29, 1.82) is 0 Å². The van der Waals surface area contributed by atoms with Crippen molar-refractivity contribution in [1.82, 2.24) is 0 Å². The summed E-state index contributed by atoms with van der Waals surface area (Å²) in [6, 6.07) is 0. The van der Waals surface area contributed by atoms with E-state index >= 15 is 0 Å². The summed E-state index contributed by atoms with van der Waals surface area (Å²) in [5.41, 5.74) is 0.570. The second-order valence-electron chi connectivity index (χ2n) is 8.97. The van der Waals surface area contributed by atoms with Crippen molar-refractivity contribution >= 4 is 0 Å². The standard InChI is InChI=1S/C11H22.C10H20/c1-3-4-5-11-8-6-10(2)7-9-11;1-10(2,3)9-7-5-4-6-8-9/h10-11H,3-9H2,1-2H3;9H,4-8H2,1-3H3. The minimum absolute atomic E-state index is 0.570. The van der Waals surface area contributed by atoms with Gasteiger partial charge in [0.15, 0.2) is 0 Å². The smallest absolute Gasteiger partial charge is 0.0354 e. The van der Waals surface area contributed by atoms with E-state index in [0.717, 1.165) is 17.8 Å². The van der Waals surface area contributed by atoms with Crippen molar-refractivity contribution in [3.05, 3.63) is 0 Å². The van der Waals surface area contributed by atoms with Gasteiger partial charge in [-0.3, -0.25) is 0 Å². The maximum absolute atomic E-state index is 2.40. The molecule has 0 unspecified atom stereocenters. The number of hydrogen-bond donors (Lipinski definition) is 0. The lowest BCUT2D eigenvalue weighted by Gasteiger charge is -2.33. The summed E-state index contributed by atoms with van der Waals surface area (Å²) >= 11 is 0. The molecule has 0 N–H and O–H groups in total. The monoisotopic (exact) mass is 294 g/mol. The van der Waals surface area contributed by atoms with Gasteiger partial charge in [0.2, 0.25) is 0 Å². The molecule has 0 heteroatoms. The van der Waals surface area contributed by atoms with Crippen molar-refractivity contribution in [2.24, 2.45) is 23.2 Å². The van der Waals surface area contributed by atoms with Gasteiger partial charge in [0.05, 0.1) is 0 Å². The van der Waals surface area contributed by atoms with E-state index in [9.17, 15) is 0 Å². The molecule has 2 aliphatic rings. The van der Waals surface area contributed by atoms with E-state index in [2.05, 4.69) is 34.6 Å². The molecule has 0 aromatic heterocycles. The van der Waals surface area contributed by atoms with Gasteiger partial charge < -0.3 is 0 Å². The topological polar surface area (TPSA) is 0 Å². The van der Waals surface area contributed by atoms with Crippen LogP contribution >= 0.6 is 0 Å². The number of rotatable bonds is 3. The maximum Gasteiger partial charge on any atom is -0.0354 e. The fourth-order valence-electron chi connectivity index (χ4n) is 4.08. The van der Waals surface area contributed by atoms with Crippen molar-refractivity contribution in [3.8, 4) is 0 Å². The van der Waals surface area contributed by atoms with Crippen molar-refractivity contribution < 1.29 is 0 Å². The minimum Gasteiger partial charge on any atom is -0.0654 e. The van der Waals surface area contributed by atoms with Crippen LogP contribution in [0, 0.1) is 23.2 Å². The predicted molar refractivity (Wildman–Crippen MR) is 96.7 cm³/mol. The van der Waals surface area contributed by atoms with Gasteiger partial charge in [-0.1, -0.05) is 98.8 Å². The quantitative estimate of drug-likeness (QED) is 0.502. The van der Waals surface area contributed by atoms with Crippen LogP contribution in [-0.2, 0) is 0 Å². The molecule has 0 amide bonds. The summed E-state index contributed by atoms with van der Waals surface area (Å²) in [7, 11) is 0. The van der Waals surface area contributed by atoms with E-state index in [-0.39, 0.29) is 0 Å². The second-order valence-corrected chi connectivity index (χ2v) is 8.97. The second kappa shape index (κ2) is 9.90.